The number of rotatable bonds is 5. The summed E-state index contributed by atoms with van der Waals surface area (Å²) in [5, 5.41) is -0.000423. The summed E-state index contributed by atoms with van der Waals surface area (Å²) < 4.78 is 55.0. The molecule has 22 heavy (non-hydrogen) atoms. The van der Waals surface area contributed by atoms with Crippen LogP contribution in [0.25, 0.3) is 0 Å². The van der Waals surface area contributed by atoms with Crippen LogP contribution >= 0.6 is 23.2 Å². The summed E-state index contributed by atoms with van der Waals surface area (Å²) in [4.78, 5) is -0.186. The van der Waals surface area contributed by atoms with Crippen molar-refractivity contribution in [2.24, 2.45) is 0 Å². The molecule has 118 valence electrons. The number of alkyl halides is 2. The van der Waals surface area contributed by atoms with E-state index >= 15 is 0 Å². The van der Waals surface area contributed by atoms with E-state index in [1.165, 1.54) is 42.5 Å². The van der Waals surface area contributed by atoms with Crippen LogP contribution in [0.5, 0.6) is 5.75 Å². The average Bonchev–Trinajstić information content (AvgIpc) is 2.43. The zero-order valence-electron chi connectivity index (χ0n) is 10.8. The molecule has 2 aromatic carbocycles. The Labute approximate surface area is 135 Å². The number of halogens is 4. The van der Waals surface area contributed by atoms with Crippen LogP contribution in [0.15, 0.2) is 47.4 Å². The van der Waals surface area contributed by atoms with Gasteiger partial charge < -0.3 is 4.74 Å². The monoisotopic (exact) mass is 367 g/mol. The second kappa shape index (κ2) is 6.68. The number of hydrogen-bond donors (Lipinski definition) is 1. The predicted molar refractivity (Wildman–Crippen MR) is 80.3 cm³/mol. The van der Waals surface area contributed by atoms with E-state index in [0.29, 0.717) is 0 Å². The molecule has 2 rings (SSSR count). The molecule has 4 nitrogen and oxygen atoms in total. The van der Waals surface area contributed by atoms with Crippen LogP contribution in [-0.4, -0.2) is 15.0 Å². The number of ether oxygens (including phenoxy) is 1. The number of sulfonamides is 1. The fourth-order valence-corrected chi connectivity index (χ4v) is 3.43. The fourth-order valence-electron chi connectivity index (χ4n) is 1.61. The minimum absolute atomic E-state index is 0.0845. The first-order valence-electron chi connectivity index (χ1n) is 5.81. The molecule has 0 aliphatic carbocycles. The van der Waals surface area contributed by atoms with Crippen LogP contribution < -0.4 is 9.46 Å². The molecule has 0 radical (unpaired) electrons. The Morgan fingerprint density at radius 2 is 1.68 bits per heavy atom. The quantitative estimate of drug-likeness (QED) is 0.852. The summed E-state index contributed by atoms with van der Waals surface area (Å²) in [6.07, 6.45) is 0. The van der Waals surface area contributed by atoms with Crippen molar-refractivity contribution >= 4 is 38.9 Å². The predicted octanol–water partition coefficient (Wildman–Crippen LogP) is 4.40. The lowest BCUT2D eigenvalue weighted by atomic mass is 10.3. The van der Waals surface area contributed by atoms with Gasteiger partial charge in [-0.15, -0.1) is 0 Å². The molecule has 2 aromatic rings. The minimum Gasteiger partial charge on any atom is -0.435 e. The fraction of sp³-hybridized carbons (Fsp3) is 0.0769. The molecule has 1 N–H and O–H groups in total. The molecule has 0 unspecified atom stereocenters. The lowest BCUT2D eigenvalue weighted by Gasteiger charge is -2.11. The molecule has 0 bridgehead atoms. The third-order valence-electron chi connectivity index (χ3n) is 2.54. The van der Waals surface area contributed by atoms with Gasteiger partial charge in [-0.2, -0.15) is 8.78 Å². The molecule has 0 amide bonds. The Balaban J connectivity index is 2.23. The zero-order chi connectivity index (χ0) is 16.3. The largest absolute Gasteiger partial charge is 0.435 e. The number of benzene rings is 2. The highest BCUT2D eigenvalue weighted by Gasteiger charge is 2.19. The lowest BCUT2D eigenvalue weighted by Crippen LogP contribution is -2.13. The van der Waals surface area contributed by atoms with Crippen LogP contribution in [0.1, 0.15) is 0 Å². The van der Waals surface area contributed by atoms with Crippen LogP contribution in [-0.2, 0) is 10.0 Å². The summed E-state index contributed by atoms with van der Waals surface area (Å²) in [5.41, 5.74) is 0.164. The van der Waals surface area contributed by atoms with Gasteiger partial charge >= 0.3 is 6.61 Å². The zero-order valence-corrected chi connectivity index (χ0v) is 13.1. The lowest BCUT2D eigenvalue weighted by molar-refractivity contribution is -0.0498. The van der Waals surface area contributed by atoms with Gasteiger partial charge in [-0.3, -0.25) is 4.72 Å². The van der Waals surface area contributed by atoms with E-state index in [1.54, 1.807) is 0 Å². The Bertz CT molecular complexity index is 767. The van der Waals surface area contributed by atoms with Crippen molar-refractivity contribution in [1.82, 2.24) is 0 Å². The highest BCUT2D eigenvalue weighted by molar-refractivity contribution is 7.92. The Morgan fingerprint density at radius 3 is 2.27 bits per heavy atom. The van der Waals surface area contributed by atoms with Crippen molar-refractivity contribution in [3.63, 3.8) is 0 Å². The molecule has 0 saturated carbocycles. The van der Waals surface area contributed by atoms with Crippen LogP contribution in [0.4, 0.5) is 14.5 Å². The summed E-state index contributed by atoms with van der Waals surface area (Å²) in [6, 6.07) is 9.20. The summed E-state index contributed by atoms with van der Waals surface area (Å²) in [5.74, 6) is -0.0845. The molecule has 9 heteroatoms. The molecule has 0 aromatic heterocycles. The first kappa shape index (κ1) is 16.8. The summed E-state index contributed by atoms with van der Waals surface area (Å²) in [7, 11) is -3.96. The maximum atomic E-state index is 12.2. The van der Waals surface area contributed by atoms with E-state index in [1.807, 2.05) is 0 Å². The molecule has 0 spiro atoms. The van der Waals surface area contributed by atoms with Crippen molar-refractivity contribution in [3.05, 3.63) is 52.5 Å². The van der Waals surface area contributed by atoms with E-state index in [4.69, 9.17) is 23.2 Å². The van der Waals surface area contributed by atoms with E-state index in [2.05, 4.69) is 9.46 Å². The molecule has 0 aliphatic heterocycles. The maximum Gasteiger partial charge on any atom is 0.387 e. The maximum absolute atomic E-state index is 12.2. The number of nitrogens with one attached hydrogen (secondary N) is 1. The highest BCUT2D eigenvalue weighted by Crippen LogP contribution is 2.30. The van der Waals surface area contributed by atoms with Gasteiger partial charge in [-0.05, 0) is 36.4 Å². The van der Waals surface area contributed by atoms with Gasteiger partial charge in [0.2, 0.25) is 0 Å². The second-order valence-corrected chi connectivity index (χ2v) is 6.50. The van der Waals surface area contributed by atoms with E-state index < -0.39 is 16.6 Å². The van der Waals surface area contributed by atoms with Gasteiger partial charge in [0.1, 0.15) is 10.6 Å². The topological polar surface area (TPSA) is 55.4 Å². The van der Waals surface area contributed by atoms with Crippen molar-refractivity contribution in [1.29, 1.82) is 0 Å². The van der Waals surface area contributed by atoms with E-state index in [9.17, 15) is 17.2 Å². The highest BCUT2D eigenvalue weighted by atomic mass is 35.5. The van der Waals surface area contributed by atoms with Gasteiger partial charge in [0.05, 0.1) is 10.0 Å². The standard InChI is InChI=1S/C13H9Cl2F2NO3S/c14-10-2-1-3-11(12(10)15)22(19,20)18-8-4-6-9(7-5-8)21-13(16)17/h1-7,13,18H. The molecule has 0 atom stereocenters. The van der Waals surface area contributed by atoms with Crippen molar-refractivity contribution in [2.75, 3.05) is 4.72 Å². The summed E-state index contributed by atoms with van der Waals surface area (Å²) in [6.45, 7) is -2.95. The Morgan fingerprint density at radius 1 is 1.05 bits per heavy atom. The van der Waals surface area contributed by atoms with Gasteiger partial charge in [0.25, 0.3) is 10.0 Å². The molecular formula is C13H9Cl2F2NO3S. The van der Waals surface area contributed by atoms with Crippen molar-refractivity contribution < 1.29 is 21.9 Å². The summed E-state index contributed by atoms with van der Waals surface area (Å²) >= 11 is 11.7. The van der Waals surface area contributed by atoms with Gasteiger partial charge in [0, 0.05) is 5.69 Å². The minimum atomic E-state index is -3.96. The molecule has 0 heterocycles. The van der Waals surface area contributed by atoms with Crippen molar-refractivity contribution in [2.45, 2.75) is 11.5 Å². The van der Waals surface area contributed by atoms with Crippen LogP contribution in [0, 0.1) is 0 Å². The third-order valence-corrected chi connectivity index (χ3v) is 4.89. The van der Waals surface area contributed by atoms with Gasteiger partial charge in [0.15, 0.2) is 0 Å². The molecule has 0 saturated heterocycles. The third kappa shape index (κ3) is 4.00. The van der Waals surface area contributed by atoms with Crippen LogP contribution in [0.2, 0.25) is 10.0 Å². The Hall–Kier alpha value is -1.57. The van der Waals surface area contributed by atoms with Crippen LogP contribution in [0.3, 0.4) is 0 Å². The smallest absolute Gasteiger partial charge is 0.387 e. The van der Waals surface area contributed by atoms with Crippen molar-refractivity contribution in [3.8, 4) is 5.75 Å². The average molecular weight is 368 g/mol. The first-order chi connectivity index (χ1) is 10.3. The van der Waals surface area contributed by atoms with E-state index in [-0.39, 0.29) is 26.4 Å². The first-order valence-corrected chi connectivity index (χ1v) is 8.05. The molecular weight excluding hydrogens is 359 g/mol. The molecule has 0 fully saturated rings. The number of anilines is 1. The SMILES string of the molecule is O=S(=O)(Nc1ccc(OC(F)F)cc1)c1cccc(Cl)c1Cl. The van der Waals surface area contributed by atoms with Gasteiger partial charge in [-0.1, -0.05) is 29.3 Å². The second-order valence-electron chi connectivity index (χ2n) is 4.06. The normalized spacial score (nSPS) is 11.5. The van der Waals surface area contributed by atoms with E-state index in [0.717, 1.165) is 0 Å². The van der Waals surface area contributed by atoms with Gasteiger partial charge in [-0.25, -0.2) is 8.42 Å². The Kier molecular flexibility index (Phi) is 5.10. The molecule has 0 aliphatic rings. The number of hydrogen-bond acceptors (Lipinski definition) is 3.